The number of nitrogens with zero attached hydrogens (tertiary/aromatic N) is 1. The second-order valence-electron chi connectivity index (χ2n) is 1.69. The summed E-state index contributed by atoms with van der Waals surface area (Å²) in [5.41, 5.74) is 5.65. The minimum atomic E-state index is 0.958. The minimum Gasteiger partial charge on any atom is -0.351 e. The van der Waals surface area contributed by atoms with E-state index >= 15 is 0 Å². The first-order valence-electron chi connectivity index (χ1n) is 3.06. The van der Waals surface area contributed by atoms with Gasteiger partial charge in [0.25, 0.3) is 0 Å². The standard InChI is InChI=1S/C3H4N2.C3H6N2/c1-2-5-3-4-1;1-2-4-5-3-1/h1-3H,(H,4,5);1-2,4-5H,3H2. The summed E-state index contributed by atoms with van der Waals surface area (Å²) in [6.07, 6.45) is 8.97. The molecule has 0 aliphatic carbocycles. The third kappa shape index (κ3) is 2.88. The molecular formula is C6H10N4. The highest BCUT2D eigenvalue weighted by Gasteiger charge is 1.78. The molecule has 1 aliphatic heterocycles. The lowest BCUT2D eigenvalue weighted by Gasteiger charge is -1.83. The van der Waals surface area contributed by atoms with Crippen LogP contribution in [0.3, 0.4) is 0 Å². The molecule has 0 spiro atoms. The van der Waals surface area contributed by atoms with Gasteiger partial charge in [-0.05, 0) is 0 Å². The SMILES string of the molecule is C1=CNNC1.c1c[nH]cn1. The normalized spacial score (nSPS) is 13.6. The second kappa shape index (κ2) is 4.58. The summed E-state index contributed by atoms with van der Waals surface area (Å²) in [5.74, 6) is 0. The number of hydrogen-bond acceptors (Lipinski definition) is 3. The van der Waals surface area contributed by atoms with E-state index in [-0.39, 0.29) is 0 Å². The van der Waals surface area contributed by atoms with Crippen LogP contribution in [-0.4, -0.2) is 16.5 Å². The molecule has 2 heterocycles. The number of nitrogens with one attached hydrogen (secondary N) is 3. The molecule has 0 fully saturated rings. The number of H-pyrrole nitrogens is 1. The van der Waals surface area contributed by atoms with Gasteiger partial charge in [0, 0.05) is 25.1 Å². The Morgan fingerprint density at radius 2 is 2.40 bits per heavy atom. The Morgan fingerprint density at radius 1 is 1.40 bits per heavy atom. The van der Waals surface area contributed by atoms with Gasteiger partial charge in [0.15, 0.2) is 0 Å². The molecule has 0 saturated carbocycles. The summed E-state index contributed by atoms with van der Waals surface area (Å²) in [6.45, 7) is 0.958. The predicted octanol–water partition coefficient (Wildman–Crippen LogP) is 0.0176. The molecule has 0 amide bonds. The summed E-state index contributed by atoms with van der Waals surface area (Å²) >= 11 is 0. The van der Waals surface area contributed by atoms with Gasteiger partial charge in [0.1, 0.15) is 0 Å². The van der Waals surface area contributed by atoms with Crippen molar-refractivity contribution in [2.45, 2.75) is 0 Å². The highest BCUT2D eigenvalue weighted by molar-refractivity contribution is 4.85. The summed E-state index contributed by atoms with van der Waals surface area (Å²) in [7, 11) is 0. The molecule has 1 aliphatic rings. The minimum absolute atomic E-state index is 0.958. The van der Waals surface area contributed by atoms with Crippen molar-refractivity contribution in [2.24, 2.45) is 0 Å². The Bertz CT molecular complexity index is 145. The molecule has 0 unspecified atom stereocenters. The van der Waals surface area contributed by atoms with Gasteiger partial charge in [-0.1, -0.05) is 6.08 Å². The van der Waals surface area contributed by atoms with E-state index in [2.05, 4.69) is 20.8 Å². The number of hydrogen-bond donors (Lipinski definition) is 3. The van der Waals surface area contributed by atoms with Gasteiger partial charge >= 0.3 is 0 Å². The first kappa shape index (κ1) is 6.82. The van der Waals surface area contributed by atoms with E-state index in [1.807, 2.05) is 12.3 Å². The average Bonchev–Trinajstić information content (AvgIpc) is 2.67. The van der Waals surface area contributed by atoms with Crippen LogP contribution in [0.5, 0.6) is 0 Å². The Labute approximate surface area is 59.3 Å². The van der Waals surface area contributed by atoms with Gasteiger partial charge in [-0.25, -0.2) is 10.4 Å². The van der Waals surface area contributed by atoms with Crippen molar-refractivity contribution in [1.29, 1.82) is 0 Å². The maximum atomic E-state index is 3.67. The lowest BCUT2D eigenvalue weighted by atomic mass is 10.7. The lowest BCUT2D eigenvalue weighted by molar-refractivity contribution is 0.727. The molecule has 1 aromatic rings. The van der Waals surface area contributed by atoms with Crippen molar-refractivity contribution in [3.05, 3.63) is 31.0 Å². The summed E-state index contributed by atoms with van der Waals surface area (Å²) in [6, 6.07) is 0. The molecule has 4 nitrogen and oxygen atoms in total. The Morgan fingerprint density at radius 3 is 2.60 bits per heavy atom. The molecule has 0 atom stereocenters. The van der Waals surface area contributed by atoms with Crippen LogP contribution in [0.4, 0.5) is 0 Å². The zero-order valence-electron chi connectivity index (χ0n) is 5.54. The van der Waals surface area contributed by atoms with Crippen molar-refractivity contribution in [1.82, 2.24) is 20.8 Å². The quantitative estimate of drug-likeness (QED) is 0.473. The first-order chi connectivity index (χ1) is 5.00. The van der Waals surface area contributed by atoms with E-state index in [4.69, 9.17) is 0 Å². The first-order valence-corrected chi connectivity index (χ1v) is 3.06. The number of aromatic nitrogens is 2. The molecule has 1 aromatic heterocycles. The van der Waals surface area contributed by atoms with Gasteiger partial charge in [-0.15, -0.1) is 0 Å². The van der Waals surface area contributed by atoms with E-state index in [9.17, 15) is 0 Å². The van der Waals surface area contributed by atoms with Crippen LogP contribution < -0.4 is 10.9 Å². The van der Waals surface area contributed by atoms with E-state index < -0.39 is 0 Å². The average molecular weight is 138 g/mol. The molecule has 0 saturated heterocycles. The zero-order chi connectivity index (χ0) is 7.07. The number of imidazole rings is 1. The van der Waals surface area contributed by atoms with E-state index in [0.29, 0.717) is 0 Å². The molecule has 10 heavy (non-hydrogen) atoms. The smallest absolute Gasteiger partial charge is 0.0919 e. The number of hydrazine groups is 1. The van der Waals surface area contributed by atoms with Crippen LogP contribution in [0.1, 0.15) is 0 Å². The molecular weight excluding hydrogens is 128 g/mol. The molecule has 4 heteroatoms. The zero-order valence-corrected chi connectivity index (χ0v) is 5.54. The highest BCUT2D eigenvalue weighted by atomic mass is 15.4. The fourth-order valence-corrected chi connectivity index (χ4v) is 0.510. The van der Waals surface area contributed by atoms with Crippen molar-refractivity contribution in [2.75, 3.05) is 6.54 Å². The summed E-state index contributed by atoms with van der Waals surface area (Å²) in [5, 5.41) is 0. The van der Waals surface area contributed by atoms with Gasteiger partial charge in [0.05, 0.1) is 6.33 Å². The fraction of sp³-hybridized carbons (Fsp3) is 0.167. The van der Waals surface area contributed by atoms with Crippen LogP contribution in [0.15, 0.2) is 31.0 Å². The molecule has 0 aromatic carbocycles. The monoisotopic (exact) mass is 138 g/mol. The van der Waals surface area contributed by atoms with E-state index in [1.165, 1.54) is 0 Å². The van der Waals surface area contributed by atoms with Crippen molar-refractivity contribution in [3.63, 3.8) is 0 Å². The van der Waals surface area contributed by atoms with E-state index in [0.717, 1.165) is 6.54 Å². The lowest BCUT2D eigenvalue weighted by Crippen LogP contribution is -2.19. The van der Waals surface area contributed by atoms with Crippen molar-refractivity contribution in [3.8, 4) is 0 Å². The number of rotatable bonds is 0. The van der Waals surface area contributed by atoms with Gasteiger partial charge in [0.2, 0.25) is 0 Å². The van der Waals surface area contributed by atoms with Gasteiger partial charge in [-0.3, -0.25) is 0 Å². The Hall–Kier alpha value is -1.29. The Balaban J connectivity index is 0.0000001000. The van der Waals surface area contributed by atoms with Gasteiger partial charge < -0.3 is 10.4 Å². The van der Waals surface area contributed by atoms with Crippen LogP contribution in [-0.2, 0) is 0 Å². The molecule has 0 radical (unpaired) electrons. The topological polar surface area (TPSA) is 52.7 Å². The molecule has 2 rings (SSSR count). The molecule has 0 bridgehead atoms. The number of aromatic amines is 1. The van der Waals surface area contributed by atoms with Crippen molar-refractivity contribution >= 4 is 0 Å². The van der Waals surface area contributed by atoms with Gasteiger partial charge in [-0.2, -0.15) is 0 Å². The third-order valence-corrected chi connectivity index (χ3v) is 0.929. The fourth-order valence-electron chi connectivity index (χ4n) is 0.510. The van der Waals surface area contributed by atoms with Crippen LogP contribution in [0, 0.1) is 0 Å². The summed E-state index contributed by atoms with van der Waals surface area (Å²) < 4.78 is 0. The summed E-state index contributed by atoms with van der Waals surface area (Å²) in [4.78, 5) is 6.42. The highest BCUT2D eigenvalue weighted by Crippen LogP contribution is 1.67. The largest absolute Gasteiger partial charge is 0.351 e. The van der Waals surface area contributed by atoms with Crippen LogP contribution >= 0.6 is 0 Å². The maximum Gasteiger partial charge on any atom is 0.0919 e. The maximum absolute atomic E-state index is 3.67. The van der Waals surface area contributed by atoms with E-state index in [1.54, 1.807) is 18.7 Å². The third-order valence-electron chi connectivity index (χ3n) is 0.929. The molecule has 3 N–H and O–H groups in total. The van der Waals surface area contributed by atoms with Crippen LogP contribution in [0.2, 0.25) is 0 Å². The second-order valence-corrected chi connectivity index (χ2v) is 1.69. The predicted molar refractivity (Wildman–Crippen MR) is 38.9 cm³/mol. The Kier molecular flexibility index (Phi) is 3.12. The van der Waals surface area contributed by atoms with Crippen molar-refractivity contribution < 1.29 is 0 Å². The van der Waals surface area contributed by atoms with Crippen LogP contribution in [0.25, 0.3) is 0 Å². The molecule has 54 valence electrons.